The number of hydrogen-bond donors (Lipinski definition) is 2. The van der Waals surface area contributed by atoms with Crippen LogP contribution in [0.25, 0.3) is 11.0 Å². The lowest BCUT2D eigenvalue weighted by molar-refractivity contribution is 0.0745. The number of aromatic nitrogens is 3. The van der Waals surface area contributed by atoms with Crippen molar-refractivity contribution in [3.8, 4) is 0 Å². The zero-order valence-electron chi connectivity index (χ0n) is 15.7. The maximum absolute atomic E-state index is 13.4. The minimum absolute atomic E-state index is 0.0646. The van der Waals surface area contributed by atoms with Crippen molar-refractivity contribution in [2.75, 3.05) is 13.1 Å². The van der Waals surface area contributed by atoms with E-state index in [1.165, 1.54) is 4.57 Å². The molecule has 8 heteroatoms. The van der Waals surface area contributed by atoms with Crippen LogP contribution in [0.5, 0.6) is 0 Å². The topological polar surface area (TPSA) is 114 Å². The molecule has 8 nitrogen and oxygen atoms in total. The highest BCUT2D eigenvalue weighted by Gasteiger charge is 2.35. The van der Waals surface area contributed by atoms with E-state index in [9.17, 15) is 14.4 Å². The molecule has 1 amide bonds. The number of likely N-dealkylation sites (tertiary alicyclic amines) is 1. The van der Waals surface area contributed by atoms with Gasteiger partial charge in [-0.2, -0.15) is 0 Å². The lowest BCUT2D eigenvalue weighted by Gasteiger charge is -2.23. The highest BCUT2D eigenvalue weighted by atomic mass is 16.2. The lowest BCUT2D eigenvalue weighted by atomic mass is 10.1. The van der Waals surface area contributed by atoms with E-state index in [0.717, 1.165) is 25.0 Å². The van der Waals surface area contributed by atoms with Gasteiger partial charge in [-0.15, -0.1) is 0 Å². The molecule has 0 bridgehead atoms. The second kappa shape index (κ2) is 6.60. The van der Waals surface area contributed by atoms with Crippen molar-refractivity contribution in [2.24, 2.45) is 11.7 Å². The van der Waals surface area contributed by atoms with Crippen molar-refractivity contribution < 1.29 is 4.79 Å². The zero-order chi connectivity index (χ0) is 19.3. The van der Waals surface area contributed by atoms with E-state index in [0.29, 0.717) is 36.8 Å². The van der Waals surface area contributed by atoms with Crippen LogP contribution in [0.4, 0.5) is 0 Å². The molecule has 1 saturated heterocycles. The third kappa shape index (κ3) is 2.97. The lowest BCUT2D eigenvalue weighted by Crippen LogP contribution is -2.37. The van der Waals surface area contributed by atoms with E-state index >= 15 is 0 Å². The first-order valence-electron chi connectivity index (χ1n) is 9.63. The molecule has 2 unspecified atom stereocenters. The van der Waals surface area contributed by atoms with Gasteiger partial charge in [0.1, 0.15) is 0 Å². The van der Waals surface area contributed by atoms with Gasteiger partial charge in [0.2, 0.25) is 0 Å². The van der Waals surface area contributed by atoms with E-state index < -0.39 is 11.2 Å². The summed E-state index contributed by atoms with van der Waals surface area (Å²) in [6.45, 7) is 5.32. The van der Waals surface area contributed by atoms with Crippen molar-refractivity contribution in [3.63, 3.8) is 0 Å². The molecule has 0 aromatic carbocycles. The molecule has 27 heavy (non-hydrogen) atoms. The monoisotopic (exact) mass is 371 g/mol. The highest BCUT2D eigenvalue weighted by molar-refractivity contribution is 6.05. The summed E-state index contributed by atoms with van der Waals surface area (Å²) in [5, 5.41) is 0.203. The number of pyridine rings is 1. The Hall–Kier alpha value is -2.48. The van der Waals surface area contributed by atoms with Crippen molar-refractivity contribution in [2.45, 2.75) is 51.6 Å². The van der Waals surface area contributed by atoms with Crippen LogP contribution in [0.15, 0.2) is 15.7 Å². The molecular formula is C19H25N5O3. The molecule has 3 N–H and O–H groups in total. The first-order chi connectivity index (χ1) is 12.9. The number of carbonyl (C=O) groups excluding carboxylic acids is 1. The molecule has 2 fully saturated rings. The second-order valence-corrected chi connectivity index (χ2v) is 7.72. The predicted octanol–water partition coefficient (Wildman–Crippen LogP) is 0.791. The van der Waals surface area contributed by atoms with Gasteiger partial charge in [-0.3, -0.25) is 19.1 Å². The Bertz CT molecular complexity index is 1020. The Morgan fingerprint density at radius 2 is 2.11 bits per heavy atom. The summed E-state index contributed by atoms with van der Waals surface area (Å²) in [5.41, 5.74) is 6.19. The highest BCUT2D eigenvalue weighted by Crippen LogP contribution is 2.40. The largest absolute Gasteiger partial charge is 0.336 e. The average Bonchev–Trinajstić information content (AvgIpc) is 3.42. The van der Waals surface area contributed by atoms with Crippen LogP contribution in [-0.2, 0) is 6.54 Å². The molecule has 3 heterocycles. The van der Waals surface area contributed by atoms with Crippen LogP contribution >= 0.6 is 0 Å². The molecule has 144 valence electrons. The van der Waals surface area contributed by atoms with Crippen LogP contribution in [0.3, 0.4) is 0 Å². The van der Waals surface area contributed by atoms with Crippen LogP contribution in [-0.4, -0.2) is 44.5 Å². The number of aromatic amines is 1. The Kier molecular flexibility index (Phi) is 4.38. The first-order valence-corrected chi connectivity index (χ1v) is 9.63. The van der Waals surface area contributed by atoms with E-state index in [-0.39, 0.29) is 23.3 Å². The number of nitrogens with one attached hydrogen (secondary N) is 1. The third-order valence-corrected chi connectivity index (χ3v) is 5.77. The zero-order valence-corrected chi connectivity index (χ0v) is 15.7. The maximum Gasteiger partial charge on any atom is 0.329 e. The van der Waals surface area contributed by atoms with Crippen LogP contribution in [0, 0.1) is 5.92 Å². The van der Waals surface area contributed by atoms with Crippen molar-refractivity contribution in [1.29, 1.82) is 0 Å². The predicted molar refractivity (Wildman–Crippen MR) is 102 cm³/mol. The van der Waals surface area contributed by atoms with Crippen molar-refractivity contribution in [3.05, 3.63) is 38.2 Å². The van der Waals surface area contributed by atoms with E-state index in [4.69, 9.17) is 5.73 Å². The fourth-order valence-corrected chi connectivity index (χ4v) is 4.09. The molecular weight excluding hydrogens is 346 g/mol. The number of nitrogens with zero attached hydrogens (tertiary/aromatic N) is 3. The standard InChI is InChI=1S/C19H25N5O3/c1-3-23-16-15(17(25)22-19(23)27)13(7-14(21-16)12-4-5-12)18(26)24-9-11(8-20)6-10(24)2/h7,10-12H,3-6,8-9,20H2,1-2H3,(H,22,25,27). The SMILES string of the molecule is CCn1c(=O)[nH]c(=O)c2c(C(=O)N3CC(CN)CC3C)cc(C3CC3)nc21. The van der Waals surface area contributed by atoms with Crippen LogP contribution in [0.1, 0.15) is 55.1 Å². The van der Waals surface area contributed by atoms with Gasteiger partial charge in [0.25, 0.3) is 11.5 Å². The van der Waals surface area contributed by atoms with Crippen LogP contribution in [0.2, 0.25) is 0 Å². The molecule has 2 aliphatic rings. The van der Waals surface area contributed by atoms with Gasteiger partial charge in [0.05, 0.1) is 10.9 Å². The minimum Gasteiger partial charge on any atom is -0.336 e. The van der Waals surface area contributed by atoms with Gasteiger partial charge in [-0.1, -0.05) is 0 Å². The normalized spacial score (nSPS) is 22.6. The van der Waals surface area contributed by atoms with E-state index in [1.54, 1.807) is 11.0 Å². The third-order valence-electron chi connectivity index (χ3n) is 5.77. The Labute approximate surface area is 156 Å². The van der Waals surface area contributed by atoms with Gasteiger partial charge in [0.15, 0.2) is 5.65 Å². The summed E-state index contributed by atoms with van der Waals surface area (Å²) in [4.78, 5) is 46.9. The Morgan fingerprint density at radius 1 is 1.37 bits per heavy atom. The summed E-state index contributed by atoms with van der Waals surface area (Å²) in [6, 6.07) is 1.82. The number of carbonyl (C=O) groups is 1. The summed E-state index contributed by atoms with van der Waals surface area (Å²) < 4.78 is 1.43. The van der Waals surface area contributed by atoms with Gasteiger partial charge in [-0.05, 0) is 51.6 Å². The first kappa shape index (κ1) is 17.9. The van der Waals surface area contributed by atoms with E-state index in [1.807, 2.05) is 13.8 Å². The molecule has 0 radical (unpaired) electrons. The van der Waals surface area contributed by atoms with Gasteiger partial charge in [-0.25, -0.2) is 9.78 Å². The van der Waals surface area contributed by atoms with Crippen molar-refractivity contribution >= 4 is 16.9 Å². The van der Waals surface area contributed by atoms with Crippen molar-refractivity contribution in [1.82, 2.24) is 19.4 Å². The molecule has 1 aliphatic heterocycles. The molecule has 1 aliphatic carbocycles. The number of rotatable bonds is 4. The fraction of sp³-hybridized carbons (Fsp3) is 0.579. The fourth-order valence-electron chi connectivity index (χ4n) is 4.09. The summed E-state index contributed by atoms with van der Waals surface area (Å²) in [6.07, 6.45) is 2.89. The number of amides is 1. The molecule has 2 atom stereocenters. The molecule has 4 rings (SSSR count). The van der Waals surface area contributed by atoms with Gasteiger partial charge >= 0.3 is 5.69 Å². The Balaban J connectivity index is 1.93. The molecule has 1 saturated carbocycles. The average molecular weight is 371 g/mol. The summed E-state index contributed by atoms with van der Waals surface area (Å²) >= 11 is 0. The number of nitrogens with two attached hydrogens (primary N) is 1. The molecule has 2 aromatic rings. The van der Waals surface area contributed by atoms with Gasteiger partial charge in [0, 0.05) is 30.7 Å². The minimum atomic E-state index is -0.555. The number of fused-ring (bicyclic) bond motifs is 1. The summed E-state index contributed by atoms with van der Waals surface area (Å²) in [7, 11) is 0. The quantitative estimate of drug-likeness (QED) is 0.825. The second-order valence-electron chi connectivity index (χ2n) is 7.72. The smallest absolute Gasteiger partial charge is 0.329 e. The Morgan fingerprint density at radius 3 is 2.70 bits per heavy atom. The number of aryl methyl sites for hydroxylation is 1. The number of hydrogen-bond acceptors (Lipinski definition) is 5. The number of H-pyrrole nitrogens is 1. The van der Waals surface area contributed by atoms with Gasteiger partial charge < -0.3 is 10.6 Å². The van der Waals surface area contributed by atoms with E-state index in [2.05, 4.69) is 9.97 Å². The molecule has 2 aromatic heterocycles. The maximum atomic E-state index is 13.4. The summed E-state index contributed by atoms with van der Waals surface area (Å²) in [5.74, 6) is 0.389. The molecule has 0 spiro atoms. The van der Waals surface area contributed by atoms with Crippen LogP contribution < -0.4 is 17.0 Å².